The Kier molecular flexibility index (Phi) is 7.55. The third-order valence-electron chi connectivity index (χ3n) is 7.08. The van der Waals surface area contributed by atoms with Gasteiger partial charge < -0.3 is 19.3 Å². The Hall–Kier alpha value is -3.98. The number of H-pyrrole nitrogens is 1. The standard InChI is InChI=1S/C30H30N2O6/c1-36-25-14-12-24(13-15-25)30(22-8-4-2-5-9-22,23-10-6-3-7-11-23)37-20-26-21(19-33)18-28(38-26)32-17-16-27(34)31-29(32)35/h2-17,21,26,28,33H,18-20H2,1H3,(H,31,34,35)/t21-,26+,28+/m0/s1. The van der Waals surface area contributed by atoms with Crippen LogP contribution in [0, 0.1) is 5.92 Å². The number of nitrogens with zero attached hydrogens (tertiary/aromatic N) is 1. The molecule has 0 spiro atoms. The first-order chi connectivity index (χ1) is 18.5. The van der Waals surface area contributed by atoms with Gasteiger partial charge >= 0.3 is 5.69 Å². The fraction of sp³-hybridized carbons (Fsp3) is 0.267. The SMILES string of the molecule is COc1ccc(C(OC[C@H]2O[C@@H](n3ccc(=O)[nH]c3=O)C[C@H]2CO)(c2ccccc2)c2ccccc2)cc1. The molecular weight excluding hydrogens is 484 g/mol. The molecule has 3 aromatic carbocycles. The van der Waals surface area contributed by atoms with Gasteiger partial charge in [-0.1, -0.05) is 72.8 Å². The number of nitrogens with one attached hydrogen (secondary N) is 1. The average molecular weight is 515 g/mol. The van der Waals surface area contributed by atoms with Crippen LogP contribution in [0.5, 0.6) is 5.75 Å². The molecule has 0 radical (unpaired) electrons. The van der Waals surface area contributed by atoms with Crippen LogP contribution in [0.25, 0.3) is 0 Å². The van der Waals surface area contributed by atoms with E-state index in [4.69, 9.17) is 14.2 Å². The number of rotatable bonds is 9. The lowest BCUT2D eigenvalue weighted by atomic mass is 9.80. The van der Waals surface area contributed by atoms with Crippen molar-refractivity contribution in [1.29, 1.82) is 0 Å². The molecule has 1 aliphatic heterocycles. The van der Waals surface area contributed by atoms with Gasteiger partial charge in [0, 0.05) is 31.2 Å². The van der Waals surface area contributed by atoms with Crippen molar-refractivity contribution in [3.63, 3.8) is 0 Å². The first-order valence-electron chi connectivity index (χ1n) is 12.5. The normalized spacial score (nSPS) is 19.4. The lowest BCUT2D eigenvalue weighted by Gasteiger charge is -2.37. The van der Waals surface area contributed by atoms with Gasteiger partial charge in [-0.25, -0.2) is 4.79 Å². The van der Waals surface area contributed by atoms with Gasteiger partial charge in [-0.15, -0.1) is 0 Å². The summed E-state index contributed by atoms with van der Waals surface area (Å²) in [6.07, 6.45) is 0.699. The van der Waals surface area contributed by atoms with E-state index in [0.717, 1.165) is 22.4 Å². The van der Waals surface area contributed by atoms with E-state index in [1.165, 1.54) is 16.8 Å². The van der Waals surface area contributed by atoms with Crippen LogP contribution < -0.4 is 16.0 Å². The van der Waals surface area contributed by atoms with Gasteiger partial charge in [0.15, 0.2) is 0 Å². The number of aromatic amines is 1. The minimum atomic E-state index is -0.981. The number of aromatic nitrogens is 2. The molecule has 1 aliphatic rings. The van der Waals surface area contributed by atoms with Gasteiger partial charge in [-0.3, -0.25) is 14.3 Å². The fourth-order valence-corrected chi connectivity index (χ4v) is 5.11. The van der Waals surface area contributed by atoms with Crippen LogP contribution in [0.2, 0.25) is 0 Å². The summed E-state index contributed by atoms with van der Waals surface area (Å²) >= 11 is 0. The van der Waals surface area contributed by atoms with E-state index in [-0.39, 0.29) is 19.1 Å². The Morgan fingerprint density at radius 1 is 0.921 bits per heavy atom. The summed E-state index contributed by atoms with van der Waals surface area (Å²) in [4.78, 5) is 26.2. The van der Waals surface area contributed by atoms with E-state index < -0.39 is 29.2 Å². The molecule has 2 N–H and O–H groups in total. The van der Waals surface area contributed by atoms with E-state index >= 15 is 0 Å². The maximum Gasteiger partial charge on any atom is 0.330 e. The molecule has 8 heteroatoms. The molecule has 2 heterocycles. The summed E-state index contributed by atoms with van der Waals surface area (Å²) in [5.41, 5.74) is 0.763. The van der Waals surface area contributed by atoms with Crippen molar-refractivity contribution < 1.29 is 19.3 Å². The van der Waals surface area contributed by atoms with Crippen LogP contribution in [0.1, 0.15) is 29.3 Å². The Bertz CT molecular complexity index is 1410. The highest BCUT2D eigenvalue weighted by atomic mass is 16.6. The number of methoxy groups -OCH3 is 1. The highest BCUT2D eigenvalue weighted by molar-refractivity contribution is 5.48. The second-order valence-electron chi connectivity index (χ2n) is 9.28. The van der Waals surface area contributed by atoms with Crippen molar-refractivity contribution in [3.8, 4) is 5.75 Å². The van der Waals surface area contributed by atoms with Gasteiger partial charge in [0.1, 0.15) is 17.6 Å². The molecule has 0 saturated carbocycles. The molecule has 196 valence electrons. The quantitative estimate of drug-likeness (QED) is 0.332. The predicted octanol–water partition coefficient (Wildman–Crippen LogP) is 3.45. The van der Waals surface area contributed by atoms with Crippen LogP contribution in [0.4, 0.5) is 0 Å². The van der Waals surface area contributed by atoms with E-state index in [0.29, 0.717) is 6.42 Å². The lowest BCUT2D eigenvalue weighted by molar-refractivity contribution is -0.0876. The second kappa shape index (κ2) is 11.2. The number of ether oxygens (including phenoxy) is 3. The van der Waals surface area contributed by atoms with Gasteiger partial charge in [-0.05, 0) is 28.8 Å². The molecule has 5 rings (SSSR count). The number of hydrogen-bond acceptors (Lipinski definition) is 6. The molecule has 1 saturated heterocycles. The third-order valence-corrected chi connectivity index (χ3v) is 7.08. The Balaban J connectivity index is 1.53. The highest BCUT2D eigenvalue weighted by Crippen LogP contribution is 2.42. The largest absolute Gasteiger partial charge is 0.497 e. The summed E-state index contributed by atoms with van der Waals surface area (Å²) in [7, 11) is 1.63. The molecule has 3 atom stereocenters. The van der Waals surface area contributed by atoms with Crippen LogP contribution >= 0.6 is 0 Å². The lowest BCUT2D eigenvalue weighted by Crippen LogP contribution is -2.37. The molecule has 0 amide bonds. The van der Waals surface area contributed by atoms with Gasteiger partial charge in [-0.2, -0.15) is 0 Å². The van der Waals surface area contributed by atoms with Crippen molar-refractivity contribution in [1.82, 2.24) is 9.55 Å². The maximum atomic E-state index is 12.4. The number of hydrogen-bond donors (Lipinski definition) is 2. The fourth-order valence-electron chi connectivity index (χ4n) is 5.11. The summed E-state index contributed by atoms with van der Waals surface area (Å²) < 4.78 is 19.9. The number of aliphatic hydroxyl groups excluding tert-OH is 1. The zero-order chi connectivity index (χ0) is 26.5. The summed E-state index contributed by atoms with van der Waals surface area (Å²) in [6, 6.07) is 29.0. The van der Waals surface area contributed by atoms with Crippen molar-refractivity contribution in [2.45, 2.75) is 24.4 Å². The second-order valence-corrected chi connectivity index (χ2v) is 9.28. The van der Waals surface area contributed by atoms with Gasteiger partial charge in [0.2, 0.25) is 0 Å². The minimum absolute atomic E-state index is 0.130. The van der Waals surface area contributed by atoms with Crippen LogP contribution in [-0.4, -0.2) is 41.1 Å². The topological polar surface area (TPSA) is 103 Å². The van der Waals surface area contributed by atoms with Crippen LogP contribution in [-0.2, 0) is 15.1 Å². The number of aliphatic hydroxyl groups is 1. The van der Waals surface area contributed by atoms with Crippen molar-refractivity contribution >= 4 is 0 Å². The summed E-state index contributed by atoms with van der Waals surface area (Å²) in [6.45, 7) is 0.0183. The third kappa shape index (κ3) is 4.93. The molecule has 0 bridgehead atoms. The predicted molar refractivity (Wildman–Crippen MR) is 142 cm³/mol. The zero-order valence-electron chi connectivity index (χ0n) is 21.0. The Labute approximate surface area is 220 Å². The molecule has 8 nitrogen and oxygen atoms in total. The van der Waals surface area contributed by atoms with Gasteiger partial charge in [0.25, 0.3) is 5.56 Å². The smallest absolute Gasteiger partial charge is 0.330 e. The van der Waals surface area contributed by atoms with E-state index in [2.05, 4.69) is 4.98 Å². The van der Waals surface area contributed by atoms with Crippen LogP contribution in [0.3, 0.4) is 0 Å². The molecule has 1 aromatic heterocycles. The monoisotopic (exact) mass is 514 g/mol. The molecular formula is C30H30N2O6. The Morgan fingerprint density at radius 3 is 2.08 bits per heavy atom. The molecule has 1 fully saturated rings. The zero-order valence-corrected chi connectivity index (χ0v) is 21.0. The molecule has 0 aliphatic carbocycles. The van der Waals surface area contributed by atoms with Crippen molar-refractivity contribution in [2.75, 3.05) is 20.3 Å². The molecule has 0 unspecified atom stereocenters. The van der Waals surface area contributed by atoms with E-state index in [9.17, 15) is 14.7 Å². The average Bonchev–Trinajstić information content (AvgIpc) is 3.38. The van der Waals surface area contributed by atoms with E-state index in [1.807, 2.05) is 84.9 Å². The van der Waals surface area contributed by atoms with Crippen LogP contribution in [0.15, 0.2) is 107 Å². The van der Waals surface area contributed by atoms with E-state index in [1.54, 1.807) is 7.11 Å². The highest BCUT2D eigenvalue weighted by Gasteiger charge is 2.42. The maximum absolute atomic E-state index is 12.4. The first kappa shape index (κ1) is 25.7. The van der Waals surface area contributed by atoms with Crippen molar-refractivity contribution in [2.24, 2.45) is 5.92 Å². The Morgan fingerprint density at radius 2 is 1.53 bits per heavy atom. The number of benzene rings is 3. The molecule has 38 heavy (non-hydrogen) atoms. The first-order valence-corrected chi connectivity index (χ1v) is 12.5. The molecule has 4 aromatic rings. The van der Waals surface area contributed by atoms with Gasteiger partial charge in [0.05, 0.1) is 19.8 Å². The van der Waals surface area contributed by atoms with Crippen molar-refractivity contribution in [3.05, 3.63) is 135 Å². The minimum Gasteiger partial charge on any atom is -0.497 e. The summed E-state index contributed by atoms with van der Waals surface area (Å²) in [5.74, 6) is 0.469. The summed E-state index contributed by atoms with van der Waals surface area (Å²) in [5, 5.41) is 10.2.